The monoisotopic (exact) mass is 561 g/mol. The molecule has 0 saturated heterocycles. The summed E-state index contributed by atoms with van der Waals surface area (Å²) in [6, 6.07) is 28.6. The first-order valence-corrected chi connectivity index (χ1v) is 14.4. The molecule has 42 heavy (non-hydrogen) atoms. The lowest BCUT2D eigenvalue weighted by molar-refractivity contribution is 0.284. The number of allylic oxidation sites excluding steroid dienone is 1. The summed E-state index contributed by atoms with van der Waals surface area (Å²) in [5.41, 5.74) is 7.53. The van der Waals surface area contributed by atoms with Gasteiger partial charge in [-0.25, -0.2) is 0 Å². The number of hydrogen-bond donors (Lipinski definition) is 0. The summed E-state index contributed by atoms with van der Waals surface area (Å²) < 4.78 is 23.9. The highest BCUT2D eigenvalue weighted by Gasteiger charge is 2.22. The van der Waals surface area contributed by atoms with E-state index in [1.165, 1.54) is 11.1 Å². The number of ether oxygens (including phenoxy) is 4. The van der Waals surface area contributed by atoms with Crippen molar-refractivity contribution in [3.63, 3.8) is 0 Å². The third-order valence-corrected chi connectivity index (χ3v) is 7.37. The van der Waals surface area contributed by atoms with E-state index < -0.39 is 0 Å². The van der Waals surface area contributed by atoms with Gasteiger partial charge in [-0.1, -0.05) is 87.5 Å². The molecule has 5 nitrogen and oxygen atoms in total. The van der Waals surface area contributed by atoms with Gasteiger partial charge in [-0.3, -0.25) is 4.99 Å². The van der Waals surface area contributed by atoms with E-state index in [9.17, 15) is 0 Å². The van der Waals surface area contributed by atoms with Crippen LogP contribution in [0, 0.1) is 0 Å². The first-order valence-electron chi connectivity index (χ1n) is 14.4. The molecule has 0 N–H and O–H groups in total. The lowest BCUT2D eigenvalue weighted by Crippen LogP contribution is -2.14. The maximum atomic E-state index is 6.25. The van der Waals surface area contributed by atoms with Gasteiger partial charge in [-0.05, 0) is 70.0 Å². The molecule has 0 saturated carbocycles. The molecule has 1 heterocycles. The van der Waals surface area contributed by atoms with Crippen LogP contribution in [-0.2, 0) is 25.0 Å². The van der Waals surface area contributed by atoms with Crippen molar-refractivity contribution in [2.45, 2.75) is 45.8 Å². The molecular weight excluding hydrogens is 522 g/mol. The van der Waals surface area contributed by atoms with Crippen LogP contribution in [0.2, 0.25) is 0 Å². The third kappa shape index (κ3) is 6.85. The van der Waals surface area contributed by atoms with Crippen molar-refractivity contribution < 1.29 is 18.9 Å². The van der Waals surface area contributed by atoms with E-state index in [0.29, 0.717) is 24.7 Å². The van der Waals surface area contributed by atoms with Crippen LogP contribution in [0.1, 0.15) is 54.2 Å². The first-order chi connectivity index (χ1) is 20.4. The molecule has 0 unspecified atom stereocenters. The maximum absolute atomic E-state index is 6.25. The average molecular weight is 562 g/mol. The highest BCUT2D eigenvalue weighted by Crippen LogP contribution is 2.38. The summed E-state index contributed by atoms with van der Waals surface area (Å²) in [5.74, 6) is 2.88. The van der Waals surface area contributed by atoms with Gasteiger partial charge in [0, 0.05) is 12.1 Å². The average Bonchev–Trinajstić information content (AvgIpc) is 3.01. The van der Waals surface area contributed by atoms with Crippen molar-refractivity contribution in [3.8, 4) is 23.0 Å². The Hall–Kier alpha value is -4.51. The van der Waals surface area contributed by atoms with Crippen LogP contribution in [0.5, 0.6) is 23.0 Å². The number of aliphatic imine (C=N–C) groups is 1. The zero-order valence-corrected chi connectivity index (χ0v) is 25.1. The summed E-state index contributed by atoms with van der Waals surface area (Å²) in [6.45, 7) is 8.29. The molecule has 0 atom stereocenters. The SMILES string of the molecule is COc1cc(C(C)(C)C)c(/C=C/C2=NCCc3cc(OCc4ccccc4)c(OC)cc32)cc1OCc1ccccc1. The summed E-state index contributed by atoms with van der Waals surface area (Å²) >= 11 is 0. The molecule has 0 radical (unpaired) electrons. The molecule has 0 fully saturated rings. The van der Waals surface area contributed by atoms with Gasteiger partial charge < -0.3 is 18.9 Å². The van der Waals surface area contributed by atoms with Gasteiger partial charge in [0.1, 0.15) is 13.2 Å². The van der Waals surface area contributed by atoms with E-state index in [-0.39, 0.29) is 5.41 Å². The van der Waals surface area contributed by atoms with E-state index in [2.05, 4.69) is 75.4 Å². The van der Waals surface area contributed by atoms with Gasteiger partial charge in [0.2, 0.25) is 0 Å². The Morgan fingerprint density at radius 2 is 1.26 bits per heavy atom. The minimum absolute atomic E-state index is 0.106. The van der Waals surface area contributed by atoms with Crippen LogP contribution < -0.4 is 18.9 Å². The molecule has 4 aromatic carbocycles. The second kappa shape index (κ2) is 13.0. The quantitative estimate of drug-likeness (QED) is 0.196. The first kappa shape index (κ1) is 29.0. The number of nitrogens with zero attached hydrogens (tertiary/aromatic N) is 1. The van der Waals surface area contributed by atoms with E-state index in [1.54, 1.807) is 14.2 Å². The van der Waals surface area contributed by atoms with Gasteiger partial charge in [-0.15, -0.1) is 0 Å². The molecule has 0 amide bonds. The van der Waals surface area contributed by atoms with E-state index >= 15 is 0 Å². The van der Waals surface area contributed by atoms with E-state index in [1.807, 2.05) is 42.5 Å². The van der Waals surface area contributed by atoms with Crippen molar-refractivity contribution in [2.24, 2.45) is 4.99 Å². The second-order valence-corrected chi connectivity index (χ2v) is 11.4. The number of rotatable bonds is 10. The fraction of sp³-hybridized carbons (Fsp3) is 0.270. The van der Waals surface area contributed by atoms with E-state index in [0.717, 1.165) is 52.4 Å². The number of hydrogen-bond acceptors (Lipinski definition) is 5. The Balaban J connectivity index is 1.44. The number of fused-ring (bicyclic) bond motifs is 1. The van der Waals surface area contributed by atoms with Crippen molar-refractivity contribution in [2.75, 3.05) is 20.8 Å². The van der Waals surface area contributed by atoms with Crippen LogP contribution in [0.15, 0.2) is 96.0 Å². The van der Waals surface area contributed by atoms with Crippen LogP contribution in [0.3, 0.4) is 0 Å². The predicted octanol–water partition coefficient (Wildman–Crippen LogP) is 8.22. The third-order valence-electron chi connectivity index (χ3n) is 7.37. The number of benzene rings is 4. The minimum Gasteiger partial charge on any atom is -0.493 e. The molecule has 4 aromatic rings. The largest absolute Gasteiger partial charge is 0.493 e. The standard InChI is InChI=1S/C37H39NO4/c1-37(2,3)31-23-34(40-5)36(42-25-27-14-10-7-11-15-27)21-29(31)16-17-32-30-22-33(39-4)35(20-28(30)18-19-38-32)41-24-26-12-8-6-9-13-26/h6-17,20-23H,18-19,24-25H2,1-5H3/b17-16+. The van der Waals surface area contributed by atoms with Crippen molar-refractivity contribution in [1.82, 2.24) is 0 Å². The Kier molecular flexibility index (Phi) is 8.97. The van der Waals surface area contributed by atoms with Gasteiger partial charge >= 0.3 is 0 Å². The Labute approximate surface area is 249 Å². The topological polar surface area (TPSA) is 49.3 Å². The molecule has 0 aliphatic carbocycles. The highest BCUT2D eigenvalue weighted by molar-refractivity contribution is 6.12. The van der Waals surface area contributed by atoms with Crippen molar-refractivity contribution >= 4 is 11.8 Å². The molecule has 0 bridgehead atoms. The van der Waals surface area contributed by atoms with Crippen molar-refractivity contribution in [1.29, 1.82) is 0 Å². The zero-order valence-electron chi connectivity index (χ0n) is 25.1. The normalized spacial score (nSPS) is 12.9. The molecule has 0 spiro atoms. The lowest BCUT2D eigenvalue weighted by Gasteiger charge is -2.24. The maximum Gasteiger partial charge on any atom is 0.162 e. The predicted molar refractivity (Wildman–Crippen MR) is 170 cm³/mol. The molecule has 216 valence electrons. The van der Waals surface area contributed by atoms with Crippen LogP contribution >= 0.6 is 0 Å². The Morgan fingerprint density at radius 3 is 1.83 bits per heavy atom. The fourth-order valence-corrected chi connectivity index (χ4v) is 5.12. The zero-order chi connectivity index (χ0) is 29.5. The van der Waals surface area contributed by atoms with Crippen LogP contribution in [-0.4, -0.2) is 26.5 Å². The summed E-state index contributed by atoms with van der Waals surface area (Å²) in [6.07, 6.45) is 5.08. The minimum atomic E-state index is -0.106. The van der Waals surface area contributed by atoms with Gasteiger partial charge in [-0.2, -0.15) is 0 Å². The van der Waals surface area contributed by atoms with Gasteiger partial charge in [0.25, 0.3) is 0 Å². The Morgan fingerprint density at radius 1 is 0.690 bits per heavy atom. The van der Waals surface area contributed by atoms with E-state index in [4.69, 9.17) is 23.9 Å². The summed E-state index contributed by atoms with van der Waals surface area (Å²) in [7, 11) is 3.36. The van der Waals surface area contributed by atoms with Crippen LogP contribution in [0.4, 0.5) is 0 Å². The Bertz CT molecular complexity index is 1570. The smallest absolute Gasteiger partial charge is 0.162 e. The summed E-state index contributed by atoms with van der Waals surface area (Å²) in [4.78, 5) is 4.89. The number of methoxy groups -OCH3 is 2. The van der Waals surface area contributed by atoms with Gasteiger partial charge in [0.15, 0.2) is 23.0 Å². The molecule has 1 aliphatic heterocycles. The van der Waals surface area contributed by atoms with Gasteiger partial charge in [0.05, 0.1) is 19.9 Å². The molecular formula is C37H39NO4. The van der Waals surface area contributed by atoms with Crippen molar-refractivity contribution in [3.05, 3.63) is 124 Å². The highest BCUT2D eigenvalue weighted by atomic mass is 16.5. The fourth-order valence-electron chi connectivity index (χ4n) is 5.12. The molecule has 1 aliphatic rings. The second-order valence-electron chi connectivity index (χ2n) is 11.4. The molecule has 5 heteroatoms. The molecule has 0 aromatic heterocycles. The van der Waals surface area contributed by atoms with Crippen LogP contribution in [0.25, 0.3) is 6.08 Å². The lowest BCUT2D eigenvalue weighted by atomic mass is 9.83. The summed E-state index contributed by atoms with van der Waals surface area (Å²) in [5, 5.41) is 0. The molecule has 5 rings (SSSR count).